The van der Waals surface area contributed by atoms with Crippen molar-refractivity contribution in [3.8, 4) is 5.75 Å². The Hall–Kier alpha value is -2.11. The molecule has 1 unspecified atom stereocenters. The van der Waals surface area contributed by atoms with Gasteiger partial charge in [0.2, 0.25) is 0 Å². The number of rotatable bonds is 3. The van der Waals surface area contributed by atoms with E-state index in [1.165, 1.54) is 12.1 Å². The molecule has 6 heteroatoms. The minimum atomic E-state index is -0.234. The number of aromatic nitrogens is 3. The molecule has 3 rings (SSSR count). The Morgan fingerprint density at radius 1 is 1.53 bits per heavy atom. The van der Waals surface area contributed by atoms with Crippen LogP contribution in [-0.4, -0.2) is 21.1 Å². The summed E-state index contributed by atoms with van der Waals surface area (Å²) in [5.41, 5.74) is 7.55. The van der Waals surface area contributed by atoms with Gasteiger partial charge in [0, 0.05) is 12.0 Å². The van der Waals surface area contributed by atoms with Crippen molar-refractivity contribution in [1.82, 2.24) is 15.0 Å². The van der Waals surface area contributed by atoms with Crippen molar-refractivity contribution in [3.63, 3.8) is 0 Å². The summed E-state index contributed by atoms with van der Waals surface area (Å²) in [6, 6.07) is 4.60. The van der Waals surface area contributed by atoms with E-state index in [0.29, 0.717) is 18.8 Å². The third-order valence-electron chi connectivity index (χ3n) is 3.34. The Labute approximate surface area is 110 Å². The van der Waals surface area contributed by atoms with Gasteiger partial charge < -0.3 is 10.5 Å². The van der Waals surface area contributed by atoms with Crippen LogP contribution in [0.3, 0.4) is 0 Å². The number of nitrogens with zero attached hydrogens (tertiary/aromatic N) is 3. The molecule has 2 aromatic rings. The molecule has 0 radical (unpaired) electrons. The molecule has 1 aromatic heterocycles. The zero-order valence-electron chi connectivity index (χ0n) is 10.6. The number of halogens is 1. The molecule has 19 heavy (non-hydrogen) atoms. The number of benzene rings is 1. The molecule has 1 aliphatic heterocycles. The van der Waals surface area contributed by atoms with E-state index >= 15 is 0 Å². The van der Waals surface area contributed by atoms with E-state index in [9.17, 15) is 4.39 Å². The predicted octanol–water partition coefficient (Wildman–Crippen LogP) is 1.57. The van der Waals surface area contributed by atoms with Crippen LogP contribution < -0.4 is 10.5 Å². The summed E-state index contributed by atoms with van der Waals surface area (Å²) in [7, 11) is 0. The zero-order valence-corrected chi connectivity index (χ0v) is 10.6. The van der Waals surface area contributed by atoms with Gasteiger partial charge in [0.25, 0.3) is 0 Å². The molecule has 1 aliphatic rings. The average Bonchev–Trinajstić information content (AvgIpc) is 2.92. The third kappa shape index (κ3) is 2.14. The van der Waals surface area contributed by atoms with Crippen LogP contribution in [0, 0.1) is 5.82 Å². The van der Waals surface area contributed by atoms with E-state index in [2.05, 4.69) is 10.3 Å². The second-order valence-corrected chi connectivity index (χ2v) is 4.65. The van der Waals surface area contributed by atoms with Crippen molar-refractivity contribution in [2.75, 3.05) is 5.73 Å². The molecule has 0 saturated heterocycles. The van der Waals surface area contributed by atoms with Crippen LogP contribution in [-0.2, 0) is 19.4 Å². The molecule has 0 spiro atoms. The summed E-state index contributed by atoms with van der Waals surface area (Å²) in [6.07, 6.45) is 1.39. The maximum atomic E-state index is 13.1. The van der Waals surface area contributed by atoms with Crippen LogP contribution >= 0.6 is 0 Å². The normalized spacial score (nSPS) is 17.3. The van der Waals surface area contributed by atoms with E-state index in [4.69, 9.17) is 10.5 Å². The topological polar surface area (TPSA) is 66.0 Å². The lowest BCUT2D eigenvalue weighted by molar-refractivity contribution is 0.200. The summed E-state index contributed by atoms with van der Waals surface area (Å²) in [6.45, 7) is 2.58. The fourth-order valence-electron chi connectivity index (χ4n) is 2.44. The van der Waals surface area contributed by atoms with Crippen LogP contribution in [0.2, 0.25) is 0 Å². The van der Waals surface area contributed by atoms with E-state index in [-0.39, 0.29) is 11.9 Å². The van der Waals surface area contributed by atoms with E-state index in [1.54, 1.807) is 10.7 Å². The Bertz CT molecular complexity index is 611. The number of fused-ring (bicyclic) bond motifs is 1. The van der Waals surface area contributed by atoms with Gasteiger partial charge in [0.05, 0.1) is 12.2 Å². The highest BCUT2D eigenvalue weighted by Crippen LogP contribution is 2.30. The van der Waals surface area contributed by atoms with Gasteiger partial charge in [-0.1, -0.05) is 12.1 Å². The summed E-state index contributed by atoms with van der Waals surface area (Å²) in [5, 5.41) is 7.89. The lowest BCUT2D eigenvalue weighted by Gasteiger charge is -2.12. The molecule has 100 valence electrons. The number of hydrogen-bond donors (Lipinski definition) is 1. The Balaban J connectivity index is 1.77. The highest BCUT2D eigenvalue weighted by atomic mass is 19.1. The monoisotopic (exact) mass is 262 g/mol. The first-order chi connectivity index (χ1) is 9.17. The fourth-order valence-corrected chi connectivity index (χ4v) is 2.44. The highest BCUT2D eigenvalue weighted by Gasteiger charge is 2.25. The molecule has 2 heterocycles. The number of nitrogen functional groups attached to an aromatic ring is 1. The first-order valence-electron chi connectivity index (χ1n) is 6.30. The van der Waals surface area contributed by atoms with Gasteiger partial charge >= 0.3 is 0 Å². The highest BCUT2D eigenvalue weighted by molar-refractivity contribution is 5.38. The average molecular weight is 262 g/mol. The molecule has 0 amide bonds. The van der Waals surface area contributed by atoms with Gasteiger partial charge in [0.15, 0.2) is 5.82 Å². The quantitative estimate of drug-likeness (QED) is 0.911. The minimum Gasteiger partial charge on any atom is -0.488 e. The van der Waals surface area contributed by atoms with Gasteiger partial charge in [-0.25, -0.2) is 9.07 Å². The number of hydrogen-bond acceptors (Lipinski definition) is 4. The van der Waals surface area contributed by atoms with Crippen molar-refractivity contribution in [2.24, 2.45) is 0 Å². The molecule has 0 bridgehead atoms. The van der Waals surface area contributed by atoms with Crippen LogP contribution in [0.4, 0.5) is 10.2 Å². The Morgan fingerprint density at radius 3 is 3.16 bits per heavy atom. The van der Waals surface area contributed by atoms with E-state index in [0.717, 1.165) is 23.4 Å². The molecule has 0 aliphatic carbocycles. The predicted molar refractivity (Wildman–Crippen MR) is 68.3 cm³/mol. The standard InChI is InChI=1S/C13H15FN4O/c1-2-11-13(15)16-17-18(11)7-10-6-8-5-9(14)3-4-12(8)19-10/h3-5,10H,2,6-7,15H2,1H3. The van der Waals surface area contributed by atoms with Crippen LogP contribution in [0.1, 0.15) is 18.2 Å². The Kier molecular flexibility index (Phi) is 2.85. The number of ether oxygens (including phenoxy) is 1. The zero-order chi connectivity index (χ0) is 13.4. The maximum Gasteiger partial charge on any atom is 0.169 e. The van der Waals surface area contributed by atoms with Crippen LogP contribution in [0.15, 0.2) is 18.2 Å². The lowest BCUT2D eigenvalue weighted by atomic mass is 10.1. The molecule has 2 N–H and O–H groups in total. The van der Waals surface area contributed by atoms with Gasteiger partial charge in [-0.2, -0.15) is 0 Å². The first kappa shape index (κ1) is 12.0. The first-order valence-corrected chi connectivity index (χ1v) is 6.30. The van der Waals surface area contributed by atoms with Crippen LogP contribution in [0.25, 0.3) is 0 Å². The second-order valence-electron chi connectivity index (χ2n) is 4.65. The van der Waals surface area contributed by atoms with E-state index < -0.39 is 0 Å². The van der Waals surface area contributed by atoms with Gasteiger partial charge in [-0.15, -0.1) is 5.10 Å². The SMILES string of the molecule is CCc1c(N)nnn1CC1Cc2cc(F)ccc2O1. The lowest BCUT2D eigenvalue weighted by Crippen LogP contribution is -2.23. The summed E-state index contributed by atoms with van der Waals surface area (Å²) in [4.78, 5) is 0. The van der Waals surface area contributed by atoms with Crippen molar-refractivity contribution in [3.05, 3.63) is 35.3 Å². The third-order valence-corrected chi connectivity index (χ3v) is 3.34. The van der Waals surface area contributed by atoms with E-state index in [1.807, 2.05) is 6.92 Å². The largest absolute Gasteiger partial charge is 0.488 e. The number of anilines is 1. The molecular weight excluding hydrogens is 247 g/mol. The van der Waals surface area contributed by atoms with Gasteiger partial charge in [-0.05, 0) is 24.6 Å². The minimum absolute atomic E-state index is 0.0526. The summed E-state index contributed by atoms with van der Waals surface area (Å²) in [5.74, 6) is 0.976. The van der Waals surface area contributed by atoms with Crippen molar-refractivity contribution in [1.29, 1.82) is 0 Å². The summed E-state index contributed by atoms with van der Waals surface area (Å²) >= 11 is 0. The molecule has 5 nitrogen and oxygen atoms in total. The summed E-state index contributed by atoms with van der Waals surface area (Å²) < 4.78 is 20.7. The van der Waals surface area contributed by atoms with Crippen molar-refractivity contribution in [2.45, 2.75) is 32.4 Å². The van der Waals surface area contributed by atoms with Gasteiger partial charge in [0.1, 0.15) is 17.7 Å². The van der Waals surface area contributed by atoms with Crippen molar-refractivity contribution >= 4 is 5.82 Å². The Morgan fingerprint density at radius 2 is 2.37 bits per heavy atom. The molecule has 1 atom stereocenters. The molecule has 0 fully saturated rings. The van der Waals surface area contributed by atoms with Crippen molar-refractivity contribution < 1.29 is 9.13 Å². The van der Waals surface area contributed by atoms with Gasteiger partial charge in [-0.3, -0.25) is 0 Å². The fraction of sp³-hybridized carbons (Fsp3) is 0.385. The smallest absolute Gasteiger partial charge is 0.169 e. The molecular formula is C13H15FN4O. The maximum absolute atomic E-state index is 13.1. The number of nitrogens with two attached hydrogens (primary N) is 1. The van der Waals surface area contributed by atoms with Crippen LogP contribution in [0.5, 0.6) is 5.75 Å². The molecule has 0 saturated carbocycles. The molecule has 1 aromatic carbocycles. The second kappa shape index (κ2) is 4.53.